The molecule has 0 aromatic heterocycles. The van der Waals surface area contributed by atoms with Gasteiger partial charge in [-0.15, -0.1) is 0 Å². The van der Waals surface area contributed by atoms with E-state index in [0.717, 1.165) is 11.3 Å². The van der Waals surface area contributed by atoms with E-state index < -0.39 is 6.10 Å². The Balaban J connectivity index is 2.43. The van der Waals surface area contributed by atoms with Gasteiger partial charge in [0.1, 0.15) is 0 Å². The number of aliphatic hydroxyl groups excluding tert-OH is 2. The van der Waals surface area contributed by atoms with Gasteiger partial charge in [0.2, 0.25) is 0 Å². The van der Waals surface area contributed by atoms with Gasteiger partial charge < -0.3 is 19.8 Å². The Labute approximate surface area is 112 Å². The van der Waals surface area contributed by atoms with E-state index in [4.69, 9.17) is 10.00 Å². The van der Waals surface area contributed by atoms with Crippen LogP contribution in [0.15, 0.2) is 18.2 Å². The number of anilines is 1. The predicted octanol–water partition coefficient (Wildman–Crippen LogP) is 0.809. The fraction of sp³-hybridized carbons (Fsp3) is 0.500. The summed E-state index contributed by atoms with van der Waals surface area (Å²) in [6.45, 7) is 3.34. The van der Waals surface area contributed by atoms with Crippen LogP contribution in [0.4, 0.5) is 5.69 Å². The second kappa shape index (κ2) is 6.02. The second-order valence-electron chi connectivity index (χ2n) is 4.67. The van der Waals surface area contributed by atoms with Gasteiger partial charge in [0.05, 0.1) is 43.6 Å². The molecule has 1 unspecified atom stereocenters. The summed E-state index contributed by atoms with van der Waals surface area (Å²) in [6.07, 6.45) is -0.620. The number of benzene rings is 1. The molecule has 0 amide bonds. The molecule has 1 aromatic rings. The van der Waals surface area contributed by atoms with Gasteiger partial charge in [-0.1, -0.05) is 6.07 Å². The quantitative estimate of drug-likeness (QED) is 0.843. The Morgan fingerprint density at radius 3 is 3.00 bits per heavy atom. The Bertz CT molecular complexity index is 482. The average Bonchev–Trinajstić information content (AvgIpc) is 2.46. The number of nitrogens with zero attached hydrogens (tertiary/aromatic N) is 2. The summed E-state index contributed by atoms with van der Waals surface area (Å²) in [7, 11) is 0. The average molecular weight is 262 g/mol. The van der Waals surface area contributed by atoms with Crippen molar-refractivity contribution in [2.75, 3.05) is 31.3 Å². The van der Waals surface area contributed by atoms with E-state index in [1.807, 2.05) is 4.90 Å². The smallest absolute Gasteiger partial charge is 0.0992 e. The number of rotatable bonds is 3. The van der Waals surface area contributed by atoms with E-state index in [0.29, 0.717) is 25.3 Å². The number of nitriles is 1. The van der Waals surface area contributed by atoms with Crippen molar-refractivity contribution in [3.05, 3.63) is 29.3 Å². The van der Waals surface area contributed by atoms with E-state index in [1.54, 1.807) is 25.1 Å². The van der Waals surface area contributed by atoms with Crippen LogP contribution >= 0.6 is 0 Å². The molecule has 2 N–H and O–H groups in total. The van der Waals surface area contributed by atoms with Crippen molar-refractivity contribution in [2.45, 2.75) is 19.1 Å². The molecule has 1 aliphatic heterocycles. The van der Waals surface area contributed by atoms with E-state index in [1.165, 1.54) is 0 Å². The van der Waals surface area contributed by atoms with Crippen LogP contribution < -0.4 is 4.90 Å². The monoisotopic (exact) mass is 262 g/mol. The van der Waals surface area contributed by atoms with Crippen molar-refractivity contribution in [2.24, 2.45) is 0 Å². The number of aliphatic hydroxyl groups is 2. The van der Waals surface area contributed by atoms with Gasteiger partial charge in [-0.2, -0.15) is 5.26 Å². The van der Waals surface area contributed by atoms with Crippen LogP contribution in [0.5, 0.6) is 0 Å². The van der Waals surface area contributed by atoms with Crippen molar-refractivity contribution in [1.29, 1.82) is 5.26 Å². The van der Waals surface area contributed by atoms with Gasteiger partial charge in [0.15, 0.2) is 0 Å². The third kappa shape index (κ3) is 2.87. The highest BCUT2D eigenvalue weighted by molar-refractivity contribution is 5.59. The van der Waals surface area contributed by atoms with Crippen molar-refractivity contribution in [3.8, 4) is 6.07 Å². The van der Waals surface area contributed by atoms with Gasteiger partial charge in [-0.3, -0.25) is 0 Å². The number of hydrogen-bond acceptors (Lipinski definition) is 5. The number of hydrogen-bond donors (Lipinski definition) is 2. The lowest BCUT2D eigenvalue weighted by Gasteiger charge is -2.37. The van der Waals surface area contributed by atoms with Gasteiger partial charge in [0.25, 0.3) is 0 Å². The molecule has 1 saturated heterocycles. The lowest BCUT2D eigenvalue weighted by Crippen LogP contribution is -2.48. The van der Waals surface area contributed by atoms with Crippen LogP contribution in [-0.2, 0) is 4.74 Å². The highest BCUT2D eigenvalue weighted by atomic mass is 16.5. The summed E-state index contributed by atoms with van der Waals surface area (Å²) in [5, 5.41) is 28.3. The van der Waals surface area contributed by atoms with Crippen molar-refractivity contribution in [3.63, 3.8) is 0 Å². The first-order valence-corrected chi connectivity index (χ1v) is 6.34. The molecule has 0 bridgehead atoms. The van der Waals surface area contributed by atoms with E-state index >= 15 is 0 Å². The summed E-state index contributed by atoms with van der Waals surface area (Å²) >= 11 is 0. The predicted molar refractivity (Wildman–Crippen MR) is 70.8 cm³/mol. The third-order valence-electron chi connectivity index (χ3n) is 3.36. The summed E-state index contributed by atoms with van der Waals surface area (Å²) in [6, 6.07) is 7.19. The van der Waals surface area contributed by atoms with Crippen LogP contribution in [0.2, 0.25) is 0 Å². The van der Waals surface area contributed by atoms with E-state index in [-0.39, 0.29) is 12.6 Å². The summed E-state index contributed by atoms with van der Waals surface area (Å²) in [5.74, 6) is 0. The molecule has 102 valence electrons. The highest BCUT2D eigenvalue weighted by Crippen LogP contribution is 2.30. The van der Waals surface area contributed by atoms with E-state index in [2.05, 4.69) is 6.07 Å². The van der Waals surface area contributed by atoms with Crippen molar-refractivity contribution >= 4 is 5.69 Å². The fourth-order valence-corrected chi connectivity index (χ4v) is 2.34. The minimum atomic E-state index is -0.620. The van der Waals surface area contributed by atoms with Crippen LogP contribution in [0.1, 0.15) is 24.2 Å². The molecule has 19 heavy (non-hydrogen) atoms. The van der Waals surface area contributed by atoms with Gasteiger partial charge >= 0.3 is 0 Å². The van der Waals surface area contributed by atoms with Crippen LogP contribution in [-0.4, -0.2) is 42.6 Å². The lowest BCUT2D eigenvalue weighted by atomic mass is 10.0. The summed E-state index contributed by atoms with van der Waals surface area (Å²) in [5.41, 5.74) is 2.11. The Hall–Kier alpha value is -1.61. The first kappa shape index (κ1) is 13.8. The maximum absolute atomic E-state index is 9.85. The minimum absolute atomic E-state index is 0.0178. The Morgan fingerprint density at radius 2 is 2.37 bits per heavy atom. The van der Waals surface area contributed by atoms with Crippen LogP contribution in [0.25, 0.3) is 0 Å². The number of morpholine rings is 1. The molecule has 2 atom stereocenters. The largest absolute Gasteiger partial charge is 0.394 e. The zero-order valence-electron chi connectivity index (χ0n) is 10.9. The summed E-state index contributed by atoms with van der Waals surface area (Å²) in [4.78, 5) is 2.01. The van der Waals surface area contributed by atoms with Crippen LogP contribution in [0, 0.1) is 11.3 Å². The Morgan fingerprint density at radius 1 is 1.58 bits per heavy atom. The zero-order chi connectivity index (χ0) is 13.8. The molecule has 1 fully saturated rings. The van der Waals surface area contributed by atoms with Crippen LogP contribution in [0.3, 0.4) is 0 Å². The van der Waals surface area contributed by atoms with Crippen molar-refractivity contribution < 1.29 is 14.9 Å². The lowest BCUT2D eigenvalue weighted by molar-refractivity contribution is 0.0723. The SMILES string of the molecule is C[C@H](O)c1ccc(C#N)cc1N1CCOCC1CO. The molecular formula is C14H18N2O3. The molecule has 0 radical (unpaired) electrons. The summed E-state index contributed by atoms with van der Waals surface area (Å²) < 4.78 is 5.35. The fourth-order valence-electron chi connectivity index (χ4n) is 2.34. The normalized spacial score (nSPS) is 20.9. The molecule has 2 rings (SSSR count). The third-order valence-corrected chi connectivity index (χ3v) is 3.36. The number of ether oxygens (including phenoxy) is 1. The van der Waals surface area contributed by atoms with E-state index in [9.17, 15) is 10.2 Å². The molecular weight excluding hydrogens is 244 g/mol. The molecule has 1 heterocycles. The minimum Gasteiger partial charge on any atom is -0.394 e. The van der Waals surface area contributed by atoms with Crippen molar-refractivity contribution in [1.82, 2.24) is 0 Å². The maximum Gasteiger partial charge on any atom is 0.0992 e. The topological polar surface area (TPSA) is 76.7 Å². The van der Waals surface area contributed by atoms with Gasteiger partial charge in [0, 0.05) is 17.8 Å². The molecule has 0 aliphatic carbocycles. The molecule has 5 nitrogen and oxygen atoms in total. The molecule has 1 aromatic carbocycles. The molecule has 5 heteroatoms. The van der Waals surface area contributed by atoms with Gasteiger partial charge in [-0.25, -0.2) is 0 Å². The standard InChI is InChI=1S/C14H18N2O3/c1-10(18)13-3-2-11(7-15)6-14(13)16-4-5-19-9-12(16)8-17/h2-3,6,10,12,17-18H,4-5,8-9H2,1H3/t10-,12?/m0/s1. The zero-order valence-corrected chi connectivity index (χ0v) is 10.9. The first-order chi connectivity index (χ1) is 9.17. The Kier molecular flexibility index (Phi) is 4.38. The molecule has 1 aliphatic rings. The maximum atomic E-state index is 9.85. The van der Waals surface area contributed by atoms with Gasteiger partial charge in [-0.05, 0) is 19.1 Å². The first-order valence-electron chi connectivity index (χ1n) is 6.34. The second-order valence-corrected chi connectivity index (χ2v) is 4.67. The molecule has 0 spiro atoms. The highest BCUT2D eigenvalue weighted by Gasteiger charge is 2.25. The molecule has 0 saturated carbocycles.